The minimum atomic E-state index is -0.995. The lowest BCUT2D eigenvalue weighted by molar-refractivity contribution is -0.122. The lowest BCUT2D eigenvalue weighted by Crippen LogP contribution is -2.41. The number of hydrogen-bond donors (Lipinski definition) is 2. The minimum absolute atomic E-state index is 0.139. The Balaban J connectivity index is 1.91. The van der Waals surface area contributed by atoms with Gasteiger partial charge in [-0.2, -0.15) is 0 Å². The Morgan fingerprint density at radius 1 is 1.39 bits per heavy atom. The lowest BCUT2D eigenvalue weighted by Gasteiger charge is -2.34. The first-order valence-corrected chi connectivity index (χ1v) is 6.80. The van der Waals surface area contributed by atoms with E-state index in [1.54, 1.807) is 6.92 Å². The van der Waals surface area contributed by atoms with Crippen LogP contribution in [0.3, 0.4) is 0 Å². The van der Waals surface area contributed by atoms with Crippen molar-refractivity contribution in [2.45, 2.75) is 38.2 Å². The normalized spacial score (nSPS) is 33.7. The first-order chi connectivity index (χ1) is 8.58. The van der Waals surface area contributed by atoms with Crippen molar-refractivity contribution in [1.29, 1.82) is 0 Å². The van der Waals surface area contributed by atoms with Crippen molar-refractivity contribution in [2.75, 3.05) is 19.6 Å². The van der Waals surface area contributed by atoms with Gasteiger partial charge in [-0.1, -0.05) is 0 Å². The molecule has 18 heavy (non-hydrogen) atoms. The molecule has 3 rings (SSSR count). The van der Waals surface area contributed by atoms with Crippen LogP contribution >= 0.6 is 0 Å². The number of Topliss-reactive ketones (excluding diaryl/α,β-unsaturated/α-hetero) is 1. The van der Waals surface area contributed by atoms with Crippen molar-refractivity contribution in [3.05, 3.63) is 11.1 Å². The van der Waals surface area contributed by atoms with Crippen LogP contribution in [-0.2, 0) is 4.79 Å². The number of carbonyl (C=O) groups excluding carboxylic acids is 1. The molecule has 4 nitrogen and oxygen atoms in total. The van der Waals surface area contributed by atoms with E-state index in [9.17, 15) is 9.90 Å². The number of rotatable bonds is 1. The Labute approximate surface area is 107 Å². The first-order valence-electron chi connectivity index (χ1n) is 6.80. The molecule has 0 amide bonds. The highest BCUT2D eigenvalue weighted by Gasteiger charge is 2.42. The van der Waals surface area contributed by atoms with Crippen LogP contribution in [-0.4, -0.2) is 41.8 Å². The van der Waals surface area contributed by atoms with E-state index in [0.29, 0.717) is 18.9 Å². The molecule has 1 saturated heterocycles. The maximum Gasteiger partial charge on any atom is 0.140 e. The smallest absolute Gasteiger partial charge is 0.140 e. The number of hydrogen-bond acceptors (Lipinski definition) is 4. The number of aliphatic imine (C=N–C) groups is 1. The molecule has 98 valence electrons. The number of nitrogens with zero attached hydrogens (tertiary/aromatic N) is 1. The monoisotopic (exact) mass is 248 g/mol. The fraction of sp³-hybridized carbons (Fsp3) is 0.714. The Morgan fingerprint density at radius 2 is 2.11 bits per heavy atom. The summed E-state index contributed by atoms with van der Waals surface area (Å²) < 4.78 is 0. The lowest BCUT2D eigenvalue weighted by atomic mass is 9.74. The van der Waals surface area contributed by atoms with E-state index in [1.165, 1.54) is 0 Å². The second-order valence-corrected chi connectivity index (χ2v) is 5.87. The number of carbonyl (C=O) groups is 1. The van der Waals surface area contributed by atoms with Gasteiger partial charge in [0.2, 0.25) is 0 Å². The largest absolute Gasteiger partial charge is 0.385 e. The zero-order valence-corrected chi connectivity index (χ0v) is 10.8. The number of nitrogens with one attached hydrogen (secondary N) is 1. The van der Waals surface area contributed by atoms with Gasteiger partial charge in [-0.3, -0.25) is 9.79 Å². The Hall–Kier alpha value is -1.00. The molecule has 0 spiro atoms. The summed E-state index contributed by atoms with van der Waals surface area (Å²) in [6.07, 6.45) is 2.90. The van der Waals surface area contributed by atoms with Gasteiger partial charge < -0.3 is 10.4 Å². The SMILES string of the molecule is CC1(O)CC(=O)CC2=C1C(C1CCNCC1)=NC2. The molecule has 3 aliphatic rings. The van der Waals surface area contributed by atoms with Crippen molar-refractivity contribution in [3.63, 3.8) is 0 Å². The molecule has 0 bridgehead atoms. The van der Waals surface area contributed by atoms with Gasteiger partial charge >= 0.3 is 0 Å². The van der Waals surface area contributed by atoms with Gasteiger partial charge in [0.15, 0.2) is 0 Å². The molecule has 2 aliphatic heterocycles. The second-order valence-electron chi connectivity index (χ2n) is 5.87. The highest BCUT2D eigenvalue weighted by Crippen LogP contribution is 2.39. The molecule has 0 aromatic heterocycles. The summed E-state index contributed by atoms with van der Waals surface area (Å²) >= 11 is 0. The van der Waals surface area contributed by atoms with Crippen molar-refractivity contribution in [3.8, 4) is 0 Å². The van der Waals surface area contributed by atoms with Crippen molar-refractivity contribution in [1.82, 2.24) is 5.32 Å². The molecule has 0 radical (unpaired) electrons. The van der Waals surface area contributed by atoms with E-state index in [0.717, 1.165) is 42.8 Å². The number of aliphatic hydroxyl groups is 1. The Kier molecular flexibility index (Phi) is 2.87. The molecule has 1 aliphatic carbocycles. The summed E-state index contributed by atoms with van der Waals surface area (Å²) in [5, 5.41) is 13.9. The molecule has 4 heteroatoms. The summed E-state index contributed by atoms with van der Waals surface area (Å²) in [7, 11) is 0. The standard InChI is InChI=1S/C14H20N2O2/c1-14(18)7-11(17)6-10-8-16-13(12(10)14)9-2-4-15-5-3-9/h9,15,18H,2-8H2,1H3. The predicted octanol–water partition coefficient (Wildman–Crippen LogP) is 0.851. The molecular formula is C14H20N2O2. The second kappa shape index (κ2) is 4.28. The van der Waals surface area contributed by atoms with Gasteiger partial charge in [-0.05, 0) is 38.4 Å². The molecular weight excluding hydrogens is 228 g/mol. The van der Waals surface area contributed by atoms with Gasteiger partial charge in [-0.15, -0.1) is 0 Å². The fourth-order valence-electron chi connectivity index (χ4n) is 3.52. The van der Waals surface area contributed by atoms with Crippen LogP contribution in [0, 0.1) is 5.92 Å². The fourth-order valence-corrected chi connectivity index (χ4v) is 3.52. The van der Waals surface area contributed by atoms with Crippen LogP contribution in [0.5, 0.6) is 0 Å². The van der Waals surface area contributed by atoms with E-state index in [1.807, 2.05) is 0 Å². The zero-order valence-electron chi connectivity index (χ0n) is 10.8. The highest BCUT2D eigenvalue weighted by atomic mass is 16.3. The van der Waals surface area contributed by atoms with Gasteiger partial charge in [0.25, 0.3) is 0 Å². The van der Waals surface area contributed by atoms with Gasteiger partial charge in [-0.25, -0.2) is 0 Å². The number of ketones is 1. The third-order valence-corrected chi connectivity index (χ3v) is 4.27. The van der Waals surface area contributed by atoms with Crippen LogP contribution in [0.15, 0.2) is 16.1 Å². The molecule has 0 saturated carbocycles. The highest BCUT2D eigenvalue weighted by molar-refractivity contribution is 6.08. The van der Waals surface area contributed by atoms with E-state index in [2.05, 4.69) is 10.3 Å². The Bertz CT molecular complexity index is 443. The predicted molar refractivity (Wildman–Crippen MR) is 69.8 cm³/mol. The summed E-state index contributed by atoms with van der Waals surface area (Å²) in [5.41, 5.74) is 2.15. The third kappa shape index (κ3) is 1.93. The van der Waals surface area contributed by atoms with E-state index in [-0.39, 0.29) is 12.2 Å². The summed E-state index contributed by atoms with van der Waals surface area (Å²) in [5.74, 6) is 0.596. The van der Waals surface area contributed by atoms with Gasteiger partial charge in [0.05, 0.1) is 12.1 Å². The van der Waals surface area contributed by atoms with E-state index >= 15 is 0 Å². The summed E-state index contributed by atoms with van der Waals surface area (Å²) in [6.45, 7) is 4.43. The van der Waals surface area contributed by atoms with Gasteiger partial charge in [0, 0.05) is 30.0 Å². The van der Waals surface area contributed by atoms with Crippen molar-refractivity contribution < 1.29 is 9.90 Å². The molecule has 0 aromatic carbocycles. The van der Waals surface area contributed by atoms with E-state index < -0.39 is 5.60 Å². The van der Waals surface area contributed by atoms with Crippen molar-refractivity contribution >= 4 is 11.5 Å². The molecule has 1 fully saturated rings. The Morgan fingerprint density at radius 3 is 2.83 bits per heavy atom. The van der Waals surface area contributed by atoms with Crippen LogP contribution in [0.4, 0.5) is 0 Å². The molecule has 0 aromatic rings. The maximum absolute atomic E-state index is 11.6. The summed E-state index contributed by atoms with van der Waals surface area (Å²) in [6, 6.07) is 0. The van der Waals surface area contributed by atoms with Crippen LogP contribution < -0.4 is 5.32 Å². The van der Waals surface area contributed by atoms with Crippen LogP contribution in [0.1, 0.15) is 32.6 Å². The minimum Gasteiger partial charge on any atom is -0.385 e. The zero-order chi connectivity index (χ0) is 12.8. The molecule has 2 N–H and O–H groups in total. The third-order valence-electron chi connectivity index (χ3n) is 4.27. The molecule has 1 atom stereocenters. The molecule has 2 heterocycles. The topological polar surface area (TPSA) is 61.7 Å². The average molecular weight is 248 g/mol. The first kappa shape index (κ1) is 12.1. The van der Waals surface area contributed by atoms with Crippen molar-refractivity contribution in [2.24, 2.45) is 10.9 Å². The van der Waals surface area contributed by atoms with Crippen LogP contribution in [0.2, 0.25) is 0 Å². The van der Waals surface area contributed by atoms with Gasteiger partial charge in [0.1, 0.15) is 5.78 Å². The average Bonchev–Trinajstić information content (AvgIpc) is 2.73. The maximum atomic E-state index is 11.6. The summed E-state index contributed by atoms with van der Waals surface area (Å²) in [4.78, 5) is 16.3. The number of piperidine rings is 1. The van der Waals surface area contributed by atoms with E-state index in [4.69, 9.17) is 0 Å². The van der Waals surface area contributed by atoms with Crippen LogP contribution in [0.25, 0.3) is 0 Å². The quantitative estimate of drug-likeness (QED) is 0.723. The molecule has 1 unspecified atom stereocenters.